The van der Waals surface area contributed by atoms with Gasteiger partial charge in [-0.05, 0) is 180 Å². The number of carbonyl (C=O) groups is 7. The molecule has 7 aromatic rings. The molecule has 0 heterocycles. The maximum Gasteiger partial charge on any atom is 0.315 e. The van der Waals surface area contributed by atoms with Crippen molar-refractivity contribution in [3.05, 3.63) is 227 Å². The first-order valence-electron chi connectivity index (χ1n) is 43.7. The summed E-state index contributed by atoms with van der Waals surface area (Å²) in [5, 5.41) is 59.9. The number of amides is 6. The average molecular weight is 1950 g/mol. The van der Waals surface area contributed by atoms with Gasteiger partial charge in [0, 0.05) is 31.9 Å². The first kappa shape index (κ1) is 108. The summed E-state index contributed by atoms with van der Waals surface area (Å²) in [6, 6.07) is 42.2. The number of benzene rings is 7. The Balaban J connectivity index is 1.21. The van der Waals surface area contributed by atoms with Crippen LogP contribution in [0.1, 0.15) is 160 Å². The van der Waals surface area contributed by atoms with Crippen LogP contribution < -0.4 is 77.8 Å². The number of hydrogen-bond acceptors (Lipinski definition) is 22. The maximum absolute atomic E-state index is 15.5. The van der Waals surface area contributed by atoms with Crippen LogP contribution in [0.25, 0.3) is 0 Å². The molecule has 0 saturated carbocycles. The highest BCUT2D eigenvalue weighted by Crippen LogP contribution is 2.55. The lowest BCUT2D eigenvalue weighted by molar-refractivity contribution is -0.141. The van der Waals surface area contributed by atoms with E-state index in [2.05, 4.69) is 72.1 Å². The summed E-state index contributed by atoms with van der Waals surface area (Å²) in [7, 11) is -20.4. The molecule has 41 heteroatoms. The SMILES string of the molecule is Cc1ccc(S(=O)(=O)NC(=N)NCCC[C@H](NC(=O)[C@H](C)NC(=O)[C@@H](N)CSC(c2ccccc2)(c2ccccc2)c2ccccc2)C(=O)N[C@@H](CCCNC(=N)NS(=O)(=O)c2ccc(C)cc2)C(=O)N[C@@H](CCCNC(=N)NS(=O)(=O)c2ccc(C)cc2)C(=O)N[C@@H](C)C(=O)N[C@@H](CCCNC(=N)NS(=O)(=O)c2ccc(C)cc2)C(=O)O[Si](CC(C)C)(C(C)(C)C)C(C)(C)C)cc1. The fourth-order valence-electron chi connectivity index (χ4n) is 14.8. The molecule has 0 aliphatic rings. The summed E-state index contributed by atoms with van der Waals surface area (Å²) in [4.78, 5) is 105. The third-order valence-corrected chi connectivity index (χ3v) is 35.8. The van der Waals surface area contributed by atoms with Gasteiger partial charge in [0.1, 0.15) is 36.3 Å². The zero-order valence-electron chi connectivity index (χ0n) is 77.6. The number of hydrogen-bond donors (Lipinski definition) is 19. The Morgan fingerprint density at radius 1 is 0.361 bits per heavy atom. The first-order chi connectivity index (χ1) is 62.4. The van der Waals surface area contributed by atoms with E-state index in [1.165, 1.54) is 74.1 Å². The highest BCUT2D eigenvalue weighted by atomic mass is 32.2. The maximum atomic E-state index is 15.5. The minimum absolute atomic E-state index is 0.00505. The number of thioether (sulfide) groups is 1. The van der Waals surface area contributed by atoms with Gasteiger partial charge >= 0.3 is 5.97 Å². The molecule has 722 valence electrons. The Morgan fingerprint density at radius 2 is 0.609 bits per heavy atom. The van der Waals surface area contributed by atoms with Crippen molar-refractivity contribution in [1.82, 2.24) is 72.1 Å². The Bertz CT molecular complexity index is 5540. The van der Waals surface area contributed by atoms with E-state index in [4.69, 9.17) is 31.8 Å². The number of guanidine groups is 4. The number of nitrogens with one attached hydrogen (secondary N) is 18. The van der Waals surface area contributed by atoms with Crippen LogP contribution in [0.3, 0.4) is 0 Å². The van der Waals surface area contributed by atoms with Crippen molar-refractivity contribution >= 4 is 125 Å². The molecule has 35 nitrogen and oxygen atoms in total. The molecule has 7 rings (SSSR count). The number of carbonyl (C=O) groups excluding carboxylic acids is 7. The molecule has 133 heavy (non-hydrogen) atoms. The Labute approximate surface area is 787 Å². The second kappa shape index (κ2) is 48.8. The number of sulfonamides is 4. The zero-order valence-corrected chi connectivity index (χ0v) is 82.6. The van der Waals surface area contributed by atoms with E-state index in [1.54, 1.807) is 76.2 Å². The van der Waals surface area contributed by atoms with Gasteiger partial charge in [0.15, 0.2) is 0 Å². The summed E-state index contributed by atoms with van der Waals surface area (Å²) in [5.41, 5.74) is 12.5. The normalized spacial score (nSPS) is 13.7. The molecule has 0 aliphatic heterocycles. The van der Waals surface area contributed by atoms with Crippen LogP contribution in [0, 0.1) is 55.2 Å². The van der Waals surface area contributed by atoms with Gasteiger partial charge in [0.25, 0.3) is 48.4 Å². The van der Waals surface area contributed by atoms with Gasteiger partial charge in [-0.2, -0.15) is 0 Å². The van der Waals surface area contributed by atoms with Gasteiger partial charge in [-0.1, -0.05) is 217 Å². The van der Waals surface area contributed by atoms with Crippen LogP contribution >= 0.6 is 11.8 Å². The van der Waals surface area contributed by atoms with Gasteiger partial charge in [0.05, 0.1) is 30.4 Å². The number of rotatable bonds is 46. The second-order valence-corrected chi connectivity index (χ2v) is 48.4. The van der Waals surface area contributed by atoms with Crippen molar-refractivity contribution in [1.29, 1.82) is 21.6 Å². The van der Waals surface area contributed by atoms with Crippen LogP contribution in [-0.2, 0) is 82.8 Å². The molecule has 0 saturated heterocycles. The van der Waals surface area contributed by atoms with E-state index in [0.29, 0.717) is 6.04 Å². The lowest BCUT2D eigenvalue weighted by Gasteiger charge is -2.51. The van der Waals surface area contributed by atoms with E-state index in [-0.39, 0.29) is 109 Å². The van der Waals surface area contributed by atoms with Gasteiger partial charge in [-0.25, -0.2) is 52.6 Å². The molecule has 0 spiro atoms. The third kappa shape index (κ3) is 32.3. The largest absolute Gasteiger partial charge is 0.516 e. The second-order valence-electron chi connectivity index (χ2n) is 35.2. The molecule has 0 unspecified atom stereocenters. The fourth-order valence-corrected chi connectivity index (χ4v) is 25.9. The van der Waals surface area contributed by atoms with Crippen LogP contribution in [-0.4, -0.2) is 181 Å². The van der Waals surface area contributed by atoms with E-state index in [1.807, 2.05) is 146 Å². The predicted octanol–water partition coefficient (Wildman–Crippen LogP) is 8.10. The van der Waals surface area contributed by atoms with Gasteiger partial charge in [-0.3, -0.25) is 55.2 Å². The van der Waals surface area contributed by atoms with Crippen LogP contribution in [0.15, 0.2) is 208 Å². The van der Waals surface area contributed by atoms with Gasteiger partial charge < -0.3 is 63.3 Å². The van der Waals surface area contributed by atoms with Crippen molar-refractivity contribution < 1.29 is 71.7 Å². The summed E-state index contributed by atoms with van der Waals surface area (Å²) < 4.78 is 121. The summed E-state index contributed by atoms with van der Waals surface area (Å²) in [6.07, 6.45) is -1.62. The molecule has 0 aliphatic carbocycles. The molecule has 0 aromatic heterocycles. The van der Waals surface area contributed by atoms with Crippen molar-refractivity contribution in [2.24, 2.45) is 11.7 Å². The summed E-state index contributed by atoms with van der Waals surface area (Å²) in [5.74, 6) is -9.14. The monoisotopic (exact) mass is 1940 g/mol. The third-order valence-electron chi connectivity index (χ3n) is 21.9. The minimum Gasteiger partial charge on any atom is -0.516 e. The Kier molecular flexibility index (Phi) is 39.7. The van der Waals surface area contributed by atoms with Gasteiger partial charge in [-0.15, -0.1) is 11.8 Å². The smallest absolute Gasteiger partial charge is 0.315 e. The zero-order chi connectivity index (χ0) is 98.5. The van der Waals surface area contributed by atoms with Crippen molar-refractivity contribution in [2.75, 3.05) is 31.9 Å². The summed E-state index contributed by atoms with van der Waals surface area (Å²) in [6.45, 7) is 24.9. The van der Waals surface area contributed by atoms with Crippen LogP contribution in [0.2, 0.25) is 16.1 Å². The predicted molar refractivity (Wildman–Crippen MR) is 519 cm³/mol. The van der Waals surface area contributed by atoms with E-state index in [0.717, 1.165) is 38.9 Å². The van der Waals surface area contributed by atoms with Crippen molar-refractivity contribution in [3.8, 4) is 0 Å². The lowest BCUT2D eigenvalue weighted by atomic mass is 9.84. The first-order valence-corrected chi connectivity index (χ1v) is 52.7. The lowest BCUT2D eigenvalue weighted by Crippen LogP contribution is -2.60. The van der Waals surface area contributed by atoms with Crippen molar-refractivity contribution in [2.45, 2.75) is 231 Å². The molecule has 20 N–H and O–H groups in total. The highest BCUT2D eigenvalue weighted by Gasteiger charge is 2.58. The molecule has 7 aromatic carbocycles. The quantitative estimate of drug-likeness (QED) is 0.00563. The summed E-state index contributed by atoms with van der Waals surface area (Å²) >= 11 is 1.40. The fraction of sp³-hybridized carbons (Fsp3) is 0.424. The molecule has 0 bridgehead atoms. The Morgan fingerprint density at radius 3 is 0.880 bits per heavy atom. The topological polar surface area (TPSA) is 555 Å². The molecular weight excluding hydrogens is 1820 g/mol. The molecule has 6 amide bonds. The van der Waals surface area contributed by atoms with Crippen LogP contribution in [0.4, 0.5) is 0 Å². The molecule has 7 atom stereocenters. The van der Waals surface area contributed by atoms with E-state index >= 15 is 19.2 Å². The molecular formula is C92H129N19O16S5Si. The van der Waals surface area contributed by atoms with E-state index < -0.39 is 171 Å². The van der Waals surface area contributed by atoms with Crippen molar-refractivity contribution in [3.63, 3.8) is 0 Å². The molecule has 0 radical (unpaired) electrons. The highest BCUT2D eigenvalue weighted by molar-refractivity contribution is 8.00. The average Bonchev–Trinajstić information content (AvgIpc) is 0.762. The van der Waals surface area contributed by atoms with E-state index in [9.17, 15) is 48.1 Å². The van der Waals surface area contributed by atoms with Gasteiger partial charge in [0.2, 0.25) is 59.3 Å². The molecule has 0 fully saturated rings. The minimum atomic E-state index is -4.32. The Hall–Kier alpha value is -11.8. The number of nitrogens with two attached hydrogens (primary N) is 1. The van der Waals surface area contributed by atoms with Crippen LogP contribution in [0.5, 0.6) is 0 Å². The number of aryl methyl sites for hydroxylation is 4. The standard InChI is InChI=1S/C92H129N19O16S5Si/c1-60(2)59-133(90(9,10)11,91(12,13)14)127-85(118)78(37-27-57-101-89(97)111-132(125,126)73-52-44-64(6)45-53-73)107-80(113)66(8)103-82(115)75(34-24-54-98-86(94)108-129(119,120)70-46-38-61(3)39-47-70)105-84(117)77(36-26-56-100-88(96)110-131(123,124)72-50-42-63(5)43-51-72)106-83(116)76(35-25-55-99-87(95)109-130(121,122)71-48-40-62(4)41-49-71)104-79(112)65(7)102-81(114)74(93)58-128-92(67-28-18-15-19-29-67,68-30-20-16-21-31-68)69-32-22-17-23-33-69/h15-23,28-33,38-53,60,65-66,74-78H,24-27,34-37,54-59,93H2,1-14H3,(H,102,114)(H,103,115)(H,104,112)(H,105,117)(H,106,116)(H,107,113)(H3,94,98,108)(H3,95,99,109)(H3,96,100,110)(H3,97,101,111)/t65-,66-,74-,75-,76-,77-,78-/m0/s1.